The maximum atomic E-state index is 11.3. The average Bonchev–Trinajstić information content (AvgIpc) is 2.66. The first-order chi connectivity index (χ1) is 7.63. The zero-order valence-electron chi connectivity index (χ0n) is 8.79. The Bertz CT molecular complexity index is 409. The molecule has 0 radical (unpaired) electrons. The number of allylic oxidation sites excluding steroid dienone is 1. The Hall–Kier alpha value is -2.11. The fourth-order valence-corrected chi connectivity index (χ4v) is 1.04. The lowest BCUT2D eigenvalue weighted by molar-refractivity contribution is -0.131. The molecule has 0 unspecified atom stereocenters. The van der Waals surface area contributed by atoms with E-state index in [2.05, 4.69) is 5.10 Å². The molecule has 6 nitrogen and oxygen atoms in total. The predicted molar refractivity (Wildman–Crippen MR) is 55.0 cm³/mol. The van der Waals surface area contributed by atoms with E-state index in [-0.39, 0.29) is 0 Å². The van der Waals surface area contributed by atoms with Crippen LogP contribution in [0.4, 0.5) is 0 Å². The molecule has 0 saturated heterocycles. The third-order valence-electron chi connectivity index (χ3n) is 1.70. The molecule has 86 valence electrons. The lowest BCUT2D eigenvalue weighted by Gasteiger charge is -1.96. The van der Waals surface area contributed by atoms with Crippen molar-refractivity contribution in [3.63, 3.8) is 0 Å². The molecule has 1 aromatic rings. The highest BCUT2D eigenvalue weighted by Crippen LogP contribution is 2.00. The van der Waals surface area contributed by atoms with Gasteiger partial charge in [0, 0.05) is 12.3 Å². The normalized spacial score (nSPS) is 10.6. The number of esters is 1. The number of aliphatic carboxylic acids is 1. The van der Waals surface area contributed by atoms with Gasteiger partial charge >= 0.3 is 11.9 Å². The lowest BCUT2D eigenvalue weighted by atomic mass is 10.4. The standard InChI is InChI=1S/C10H12N2O4/c1-2-16-10(15)8-6-11-12(7-8)5-3-4-9(13)14/h3-4,6-7H,2,5H2,1H3,(H,13,14)/b4-3+. The van der Waals surface area contributed by atoms with Gasteiger partial charge in [-0.1, -0.05) is 6.08 Å². The number of nitrogens with zero attached hydrogens (tertiary/aromatic N) is 2. The van der Waals surface area contributed by atoms with Gasteiger partial charge in [0.15, 0.2) is 0 Å². The van der Waals surface area contributed by atoms with E-state index in [9.17, 15) is 9.59 Å². The summed E-state index contributed by atoms with van der Waals surface area (Å²) in [7, 11) is 0. The van der Waals surface area contributed by atoms with Crippen LogP contribution in [0.5, 0.6) is 0 Å². The van der Waals surface area contributed by atoms with Gasteiger partial charge in [-0.25, -0.2) is 9.59 Å². The molecule has 1 N–H and O–H groups in total. The minimum Gasteiger partial charge on any atom is -0.478 e. The summed E-state index contributed by atoms with van der Waals surface area (Å²) in [6.45, 7) is 2.33. The maximum absolute atomic E-state index is 11.3. The summed E-state index contributed by atoms with van der Waals surface area (Å²) in [5, 5.41) is 12.3. The summed E-state index contributed by atoms with van der Waals surface area (Å²) in [5.41, 5.74) is 0.352. The summed E-state index contributed by atoms with van der Waals surface area (Å²) in [4.78, 5) is 21.4. The van der Waals surface area contributed by atoms with Crippen LogP contribution in [0.3, 0.4) is 0 Å². The molecule has 0 atom stereocenters. The van der Waals surface area contributed by atoms with Gasteiger partial charge in [-0.15, -0.1) is 0 Å². The Morgan fingerprint density at radius 1 is 1.62 bits per heavy atom. The van der Waals surface area contributed by atoms with Gasteiger partial charge in [-0.2, -0.15) is 5.10 Å². The molecular weight excluding hydrogens is 212 g/mol. The van der Waals surface area contributed by atoms with E-state index in [1.54, 1.807) is 6.92 Å². The SMILES string of the molecule is CCOC(=O)c1cnn(C/C=C/C(=O)O)c1. The zero-order chi connectivity index (χ0) is 12.0. The summed E-state index contributed by atoms with van der Waals surface area (Å²) in [6, 6.07) is 0. The van der Waals surface area contributed by atoms with E-state index in [1.807, 2.05) is 0 Å². The van der Waals surface area contributed by atoms with E-state index < -0.39 is 11.9 Å². The smallest absolute Gasteiger partial charge is 0.341 e. The molecule has 0 aliphatic rings. The molecule has 0 aliphatic heterocycles. The summed E-state index contributed by atoms with van der Waals surface area (Å²) < 4.78 is 6.23. The van der Waals surface area contributed by atoms with Crippen LogP contribution < -0.4 is 0 Å². The second kappa shape index (κ2) is 5.69. The van der Waals surface area contributed by atoms with Gasteiger partial charge in [-0.3, -0.25) is 4.68 Å². The number of aromatic nitrogens is 2. The monoisotopic (exact) mass is 224 g/mol. The number of carboxylic acids is 1. The summed E-state index contributed by atoms with van der Waals surface area (Å²) in [5.74, 6) is -1.45. The number of hydrogen-bond donors (Lipinski definition) is 1. The van der Waals surface area contributed by atoms with Crippen LogP contribution in [-0.4, -0.2) is 33.4 Å². The average molecular weight is 224 g/mol. The number of carbonyl (C=O) groups is 2. The van der Waals surface area contributed by atoms with Gasteiger partial charge in [0.25, 0.3) is 0 Å². The summed E-state index contributed by atoms with van der Waals surface area (Å²) in [6.07, 6.45) is 5.34. The molecule has 0 spiro atoms. The Labute approximate surface area is 92.1 Å². The highest BCUT2D eigenvalue weighted by atomic mass is 16.5. The molecule has 16 heavy (non-hydrogen) atoms. The van der Waals surface area contributed by atoms with Crippen LogP contribution in [0.2, 0.25) is 0 Å². The highest BCUT2D eigenvalue weighted by molar-refractivity contribution is 5.88. The summed E-state index contributed by atoms with van der Waals surface area (Å²) >= 11 is 0. The third kappa shape index (κ3) is 3.56. The topological polar surface area (TPSA) is 81.4 Å². The fraction of sp³-hybridized carbons (Fsp3) is 0.300. The molecule has 0 aromatic carbocycles. The first-order valence-electron chi connectivity index (χ1n) is 4.72. The van der Waals surface area contributed by atoms with Crippen molar-refractivity contribution >= 4 is 11.9 Å². The van der Waals surface area contributed by atoms with Gasteiger partial charge in [0.1, 0.15) is 0 Å². The van der Waals surface area contributed by atoms with Gasteiger partial charge in [-0.05, 0) is 6.92 Å². The molecule has 1 aromatic heterocycles. The van der Waals surface area contributed by atoms with Crippen molar-refractivity contribution in [3.8, 4) is 0 Å². The van der Waals surface area contributed by atoms with Crippen LogP contribution in [0.15, 0.2) is 24.5 Å². The lowest BCUT2D eigenvalue weighted by Crippen LogP contribution is -2.03. The second-order valence-corrected chi connectivity index (χ2v) is 2.91. The maximum Gasteiger partial charge on any atom is 0.341 e. The van der Waals surface area contributed by atoms with Crippen LogP contribution in [0.1, 0.15) is 17.3 Å². The Morgan fingerprint density at radius 3 is 3.00 bits per heavy atom. The van der Waals surface area contributed by atoms with Crippen LogP contribution in [0.25, 0.3) is 0 Å². The molecule has 0 saturated carbocycles. The van der Waals surface area contributed by atoms with E-state index in [0.29, 0.717) is 18.7 Å². The first-order valence-corrected chi connectivity index (χ1v) is 4.72. The van der Waals surface area contributed by atoms with Crippen molar-refractivity contribution in [2.75, 3.05) is 6.61 Å². The minimum atomic E-state index is -1.02. The minimum absolute atomic E-state index is 0.297. The van der Waals surface area contributed by atoms with E-state index in [0.717, 1.165) is 6.08 Å². The quantitative estimate of drug-likeness (QED) is 0.588. The largest absolute Gasteiger partial charge is 0.478 e. The molecule has 6 heteroatoms. The fourth-order valence-electron chi connectivity index (χ4n) is 1.04. The van der Waals surface area contributed by atoms with Crippen molar-refractivity contribution in [1.82, 2.24) is 9.78 Å². The number of carbonyl (C=O) groups excluding carboxylic acids is 1. The molecule has 0 aliphatic carbocycles. The molecule has 0 fully saturated rings. The molecule has 1 heterocycles. The van der Waals surface area contributed by atoms with Crippen molar-refractivity contribution in [3.05, 3.63) is 30.1 Å². The first kappa shape index (κ1) is 12.0. The van der Waals surface area contributed by atoms with E-state index in [1.165, 1.54) is 23.2 Å². The highest BCUT2D eigenvalue weighted by Gasteiger charge is 2.08. The van der Waals surface area contributed by atoms with Crippen molar-refractivity contribution in [2.45, 2.75) is 13.5 Å². The molecular formula is C10H12N2O4. The van der Waals surface area contributed by atoms with E-state index >= 15 is 0 Å². The molecule has 0 bridgehead atoms. The number of ether oxygens (including phenoxy) is 1. The van der Waals surface area contributed by atoms with Crippen molar-refractivity contribution < 1.29 is 19.4 Å². The molecule has 0 amide bonds. The van der Waals surface area contributed by atoms with E-state index in [4.69, 9.17) is 9.84 Å². The van der Waals surface area contributed by atoms with Gasteiger partial charge in [0.2, 0.25) is 0 Å². The van der Waals surface area contributed by atoms with Crippen LogP contribution in [0, 0.1) is 0 Å². The molecule has 1 rings (SSSR count). The van der Waals surface area contributed by atoms with Gasteiger partial charge < -0.3 is 9.84 Å². The van der Waals surface area contributed by atoms with Crippen LogP contribution >= 0.6 is 0 Å². The Kier molecular flexibility index (Phi) is 4.26. The number of rotatable bonds is 5. The second-order valence-electron chi connectivity index (χ2n) is 2.91. The third-order valence-corrected chi connectivity index (χ3v) is 1.70. The number of carboxylic acid groups (broad SMARTS) is 1. The Balaban J connectivity index is 2.58. The van der Waals surface area contributed by atoms with Crippen molar-refractivity contribution in [1.29, 1.82) is 0 Å². The van der Waals surface area contributed by atoms with Gasteiger partial charge in [0.05, 0.1) is 24.9 Å². The zero-order valence-corrected chi connectivity index (χ0v) is 8.79. The predicted octanol–water partition coefficient (Wildman–Crippen LogP) is 0.701. The van der Waals surface area contributed by atoms with Crippen molar-refractivity contribution in [2.24, 2.45) is 0 Å². The number of hydrogen-bond acceptors (Lipinski definition) is 4. The Morgan fingerprint density at radius 2 is 2.38 bits per heavy atom. The van der Waals surface area contributed by atoms with Crippen LogP contribution in [-0.2, 0) is 16.1 Å².